The smallest absolute Gasteiger partial charge is 0.344 e. The third-order valence-corrected chi connectivity index (χ3v) is 4.71. The number of nitrogens with zero attached hydrogens (tertiary/aromatic N) is 1. The van der Waals surface area contributed by atoms with Crippen molar-refractivity contribution in [2.75, 3.05) is 13.7 Å². The van der Waals surface area contributed by atoms with E-state index in [1.807, 2.05) is 13.8 Å². The topological polar surface area (TPSA) is 112 Å². The van der Waals surface area contributed by atoms with E-state index in [0.717, 1.165) is 0 Å². The van der Waals surface area contributed by atoms with Gasteiger partial charge in [0.1, 0.15) is 17.1 Å². The highest BCUT2D eigenvalue weighted by Gasteiger charge is 2.24. The van der Waals surface area contributed by atoms with Gasteiger partial charge in [-0.1, -0.05) is 13.8 Å². The zero-order valence-corrected chi connectivity index (χ0v) is 15.1. The molecule has 0 fully saturated rings. The number of phenolic OH excluding ortho intramolecular Hbond substituents is 1. The van der Waals surface area contributed by atoms with E-state index in [2.05, 4.69) is 4.84 Å². The first-order chi connectivity index (χ1) is 12.7. The number of ether oxygens (including phenoxy) is 1. The summed E-state index contributed by atoms with van der Waals surface area (Å²) < 4.78 is 10.6. The van der Waals surface area contributed by atoms with Gasteiger partial charge in [0.2, 0.25) is 0 Å². The molecule has 0 atom stereocenters. The fourth-order valence-electron chi connectivity index (χ4n) is 3.05. The predicted octanol–water partition coefficient (Wildman–Crippen LogP) is 3.54. The first-order valence-corrected chi connectivity index (χ1v) is 8.28. The molecule has 3 aromatic rings. The molecule has 0 aliphatic heterocycles. The molecule has 0 saturated carbocycles. The monoisotopic (exact) mass is 373 g/mol. The summed E-state index contributed by atoms with van der Waals surface area (Å²) in [6.07, 6.45) is 0.338. The normalized spacial score (nSPS) is 11.7. The van der Waals surface area contributed by atoms with Crippen molar-refractivity contribution >= 4 is 21.7 Å². The van der Waals surface area contributed by atoms with Gasteiger partial charge in [-0.05, 0) is 47.7 Å². The molecule has 0 unspecified atom stereocenters. The van der Waals surface area contributed by atoms with Gasteiger partial charge in [0.25, 0.3) is 5.09 Å². The van der Waals surface area contributed by atoms with Crippen molar-refractivity contribution in [1.29, 1.82) is 0 Å². The van der Waals surface area contributed by atoms with Crippen LogP contribution in [-0.2, 0) is 10.3 Å². The summed E-state index contributed by atoms with van der Waals surface area (Å²) in [5.41, 5.74) is -0.168. The van der Waals surface area contributed by atoms with Crippen LogP contribution < -0.4 is 10.4 Å². The van der Waals surface area contributed by atoms with Crippen molar-refractivity contribution in [3.63, 3.8) is 0 Å². The van der Waals surface area contributed by atoms with Crippen LogP contribution in [0.3, 0.4) is 0 Å². The number of benzene rings is 2. The van der Waals surface area contributed by atoms with Crippen LogP contribution in [-0.4, -0.2) is 23.9 Å². The molecule has 0 spiro atoms. The van der Waals surface area contributed by atoms with E-state index in [4.69, 9.17) is 9.15 Å². The molecule has 8 nitrogen and oxygen atoms in total. The molecule has 1 heterocycles. The molecule has 1 aromatic heterocycles. The summed E-state index contributed by atoms with van der Waals surface area (Å²) in [5, 5.41) is 21.4. The Kier molecular flexibility index (Phi) is 4.65. The number of methoxy groups -OCH3 is 1. The van der Waals surface area contributed by atoms with Crippen molar-refractivity contribution in [3.8, 4) is 11.5 Å². The average Bonchev–Trinajstić information content (AvgIpc) is 2.60. The van der Waals surface area contributed by atoms with Gasteiger partial charge in [-0.3, -0.25) is 0 Å². The van der Waals surface area contributed by atoms with E-state index in [1.165, 1.54) is 7.11 Å². The van der Waals surface area contributed by atoms with Gasteiger partial charge in [-0.25, -0.2) is 4.79 Å². The molecule has 142 valence electrons. The molecular formula is C19H19NO7. The number of rotatable bonds is 6. The highest BCUT2D eigenvalue weighted by molar-refractivity contribution is 6.08. The van der Waals surface area contributed by atoms with Crippen molar-refractivity contribution in [3.05, 3.63) is 56.4 Å². The van der Waals surface area contributed by atoms with E-state index < -0.39 is 16.1 Å². The minimum Gasteiger partial charge on any atom is -0.507 e. The van der Waals surface area contributed by atoms with Crippen LogP contribution in [0.4, 0.5) is 0 Å². The maximum absolute atomic E-state index is 12.3. The predicted molar refractivity (Wildman–Crippen MR) is 98.8 cm³/mol. The van der Waals surface area contributed by atoms with E-state index in [1.54, 1.807) is 30.3 Å². The van der Waals surface area contributed by atoms with Crippen LogP contribution in [0, 0.1) is 10.1 Å². The third kappa shape index (κ3) is 3.51. The van der Waals surface area contributed by atoms with Gasteiger partial charge in [0.15, 0.2) is 0 Å². The molecule has 1 N–H and O–H groups in total. The van der Waals surface area contributed by atoms with Gasteiger partial charge < -0.3 is 19.1 Å². The quantitative estimate of drug-likeness (QED) is 0.304. The molecule has 0 aliphatic rings. The average molecular weight is 373 g/mol. The lowest BCUT2D eigenvalue weighted by Crippen LogP contribution is -2.20. The first-order valence-electron chi connectivity index (χ1n) is 8.28. The fraction of sp³-hybridized carbons (Fsp3) is 0.316. The lowest BCUT2D eigenvalue weighted by Gasteiger charge is -2.25. The molecule has 0 saturated heterocycles. The number of hydrogen-bond acceptors (Lipinski definition) is 7. The Morgan fingerprint density at radius 2 is 1.96 bits per heavy atom. The highest BCUT2D eigenvalue weighted by Crippen LogP contribution is 2.38. The molecule has 0 bridgehead atoms. The number of fused-ring (bicyclic) bond motifs is 3. The van der Waals surface area contributed by atoms with Crippen molar-refractivity contribution in [2.45, 2.75) is 25.7 Å². The summed E-state index contributed by atoms with van der Waals surface area (Å²) in [6, 6.07) is 8.15. The number of phenols is 1. The molecular weight excluding hydrogens is 354 g/mol. The van der Waals surface area contributed by atoms with Gasteiger partial charge in [0, 0.05) is 5.39 Å². The van der Waals surface area contributed by atoms with Crippen molar-refractivity contribution < 1.29 is 24.2 Å². The Morgan fingerprint density at radius 1 is 1.22 bits per heavy atom. The Labute approximate surface area is 154 Å². The Bertz CT molecular complexity index is 1080. The van der Waals surface area contributed by atoms with E-state index in [0.29, 0.717) is 33.9 Å². The van der Waals surface area contributed by atoms with Gasteiger partial charge in [-0.15, -0.1) is 10.1 Å². The Morgan fingerprint density at radius 3 is 2.63 bits per heavy atom. The summed E-state index contributed by atoms with van der Waals surface area (Å²) in [4.78, 5) is 27.1. The van der Waals surface area contributed by atoms with Crippen LogP contribution in [0.2, 0.25) is 0 Å². The summed E-state index contributed by atoms with van der Waals surface area (Å²) >= 11 is 0. The summed E-state index contributed by atoms with van der Waals surface area (Å²) in [7, 11) is 1.52. The zero-order valence-electron chi connectivity index (χ0n) is 15.1. The zero-order chi connectivity index (χ0) is 19.8. The van der Waals surface area contributed by atoms with Crippen LogP contribution in [0.1, 0.15) is 25.8 Å². The van der Waals surface area contributed by atoms with Crippen molar-refractivity contribution in [2.24, 2.45) is 0 Å². The standard InChI is InChI=1S/C19H19NO7/c1-19(2,6-7-26-20(23)24)11-8-15(21)17-14-10-12(25-3)4-5-13(14)18(22)27-16(17)9-11/h4-5,8-10,21H,6-7H2,1-3H3. The second kappa shape index (κ2) is 6.79. The molecule has 0 aliphatic carbocycles. The SMILES string of the molecule is COc1ccc2c(=O)oc3cc(C(C)(C)CCO[N+](=O)[O-])cc(O)c3c2c1. The van der Waals surface area contributed by atoms with E-state index >= 15 is 0 Å². The highest BCUT2D eigenvalue weighted by atomic mass is 16.9. The van der Waals surface area contributed by atoms with Crippen LogP contribution >= 0.6 is 0 Å². The molecule has 2 aromatic carbocycles. The number of aromatic hydroxyl groups is 1. The molecule has 3 rings (SSSR count). The minimum atomic E-state index is -0.841. The third-order valence-electron chi connectivity index (χ3n) is 4.71. The van der Waals surface area contributed by atoms with Crippen LogP contribution in [0.5, 0.6) is 11.5 Å². The maximum Gasteiger partial charge on any atom is 0.344 e. The molecule has 0 amide bonds. The second-order valence-corrected chi connectivity index (χ2v) is 6.86. The summed E-state index contributed by atoms with van der Waals surface area (Å²) in [5.74, 6) is 0.503. The van der Waals surface area contributed by atoms with E-state index in [-0.39, 0.29) is 17.9 Å². The van der Waals surface area contributed by atoms with Gasteiger partial charge in [-0.2, -0.15) is 0 Å². The van der Waals surface area contributed by atoms with Gasteiger partial charge >= 0.3 is 5.63 Å². The van der Waals surface area contributed by atoms with Crippen LogP contribution in [0.15, 0.2) is 39.5 Å². The fourth-order valence-corrected chi connectivity index (χ4v) is 3.05. The second-order valence-electron chi connectivity index (χ2n) is 6.86. The molecule has 8 heteroatoms. The lowest BCUT2D eigenvalue weighted by atomic mass is 9.81. The molecule has 0 radical (unpaired) electrons. The van der Waals surface area contributed by atoms with Crippen molar-refractivity contribution in [1.82, 2.24) is 0 Å². The summed E-state index contributed by atoms with van der Waals surface area (Å²) in [6.45, 7) is 3.63. The van der Waals surface area contributed by atoms with Gasteiger partial charge in [0.05, 0.1) is 24.5 Å². The lowest BCUT2D eigenvalue weighted by molar-refractivity contribution is -0.758. The first kappa shape index (κ1) is 18.5. The minimum absolute atomic E-state index is 0.0484. The number of hydrogen-bond donors (Lipinski definition) is 1. The van der Waals surface area contributed by atoms with Crippen LogP contribution in [0.25, 0.3) is 21.7 Å². The largest absolute Gasteiger partial charge is 0.507 e. The van der Waals surface area contributed by atoms with E-state index in [9.17, 15) is 20.0 Å². The Hall–Kier alpha value is -3.29. The maximum atomic E-state index is 12.3. The Balaban J connectivity index is 2.15. The molecule has 27 heavy (non-hydrogen) atoms.